The second kappa shape index (κ2) is 6.97. The number of carboxylic acids is 1. The van der Waals surface area contributed by atoms with E-state index in [0.717, 1.165) is 0 Å². The largest absolute Gasteiger partial charge is 0.481 e. The minimum Gasteiger partial charge on any atom is -0.481 e. The number of nitrogens with two attached hydrogens (primary N) is 1. The molecule has 0 spiro atoms. The third-order valence-corrected chi connectivity index (χ3v) is 2.85. The van der Waals surface area contributed by atoms with E-state index in [1.54, 1.807) is 18.2 Å². The fourth-order valence-corrected chi connectivity index (χ4v) is 1.80. The van der Waals surface area contributed by atoms with Crippen LogP contribution in [0.5, 0.6) is 0 Å². The van der Waals surface area contributed by atoms with Crippen LogP contribution in [0, 0.1) is 5.92 Å². The average molecular weight is 285 g/mol. The van der Waals surface area contributed by atoms with Gasteiger partial charge in [-0.2, -0.15) is 0 Å². The van der Waals surface area contributed by atoms with Crippen LogP contribution in [0.25, 0.3) is 0 Å². The number of hydrogen-bond acceptors (Lipinski definition) is 2. The van der Waals surface area contributed by atoms with Crippen molar-refractivity contribution in [2.45, 2.75) is 6.42 Å². The molecular formula is C10H12Cl3NO2. The van der Waals surface area contributed by atoms with Crippen molar-refractivity contribution in [2.75, 3.05) is 6.54 Å². The molecule has 1 aromatic rings. The Bertz CT molecular complexity index is 351. The van der Waals surface area contributed by atoms with Crippen LogP contribution in [0.4, 0.5) is 0 Å². The van der Waals surface area contributed by atoms with Gasteiger partial charge in [0.05, 0.1) is 5.92 Å². The minimum atomic E-state index is -0.937. The van der Waals surface area contributed by atoms with Gasteiger partial charge in [0.2, 0.25) is 0 Å². The first-order valence-electron chi connectivity index (χ1n) is 4.42. The fourth-order valence-electron chi connectivity index (χ4n) is 1.25. The van der Waals surface area contributed by atoms with E-state index in [9.17, 15) is 4.79 Å². The Hall–Kier alpha value is -0.480. The Balaban J connectivity index is 0.00000225. The summed E-state index contributed by atoms with van der Waals surface area (Å²) in [5.74, 6) is -1.59. The van der Waals surface area contributed by atoms with E-state index in [2.05, 4.69) is 0 Å². The van der Waals surface area contributed by atoms with Crippen molar-refractivity contribution >= 4 is 41.6 Å². The van der Waals surface area contributed by atoms with E-state index in [1.807, 2.05) is 0 Å². The third kappa shape index (κ3) is 3.83. The van der Waals surface area contributed by atoms with Crippen molar-refractivity contribution in [1.82, 2.24) is 0 Å². The lowest BCUT2D eigenvalue weighted by molar-refractivity contribution is -0.141. The molecule has 0 aliphatic heterocycles. The molecule has 0 amide bonds. The standard InChI is InChI=1S/C10H11Cl2NO2.ClH/c11-8-2-1-3-9(12)7(8)4-6(5-13)10(14)15;/h1-3,6H,4-5,13H2,(H,14,15);1H/t6-;/m1./s1. The molecule has 0 fully saturated rings. The Morgan fingerprint density at radius 2 is 1.88 bits per heavy atom. The maximum atomic E-state index is 10.8. The Morgan fingerprint density at radius 3 is 2.25 bits per heavy atom. The van der Waals surface area contributed by atoms with E-state index in [0.29, 0.717) is 15.6 Å². The summed E-state index contributed by atoms with van der Waals surface area (Å²) in [6.45, 7) is 0.0664. The Labute approximate surface area is 110 Å². The second-order valence-electron chi connectivity index (χ2n) is 3.18. The topological polar surface area (TPSA) is 63.3 Å². The molecule has 1 rings (SSSR count). The van der Waals surface area contributed by atoms with Crippen molar-refractivity contribution in [3.8, 4) is 0 Å². The van der Waals surface area contributed by atoms with Crippen LogP contribution < -0.4 is 5.73 Å². The van der Waals surface area contributed by atoms with Gasteiger partial charge in [-0.15, -0.1) is 12.4 Å². The van der Waals surface area contributed by atoms with Crippen LogP contribution in [0.15, 0.2) is 18.2 Å². The van der Waals surface area contributed by atoms with Crippen LogP contribution in [-0.2, 0) is 11.2 Å². The molecule has 3 N–H and O–H groups in total. The van der Waals surface area contributed by atoms with E-state index in [-0.39, 0.29) is 25.4 Å². The zero-order chi connectivity index (χ0) is 11.4. The highest BCUT2D eigenvalue weighted by Gasteiger charge is 2.18. The van der Waals surface area contributed by atoms with Gasteiger partial charge in [0.1, 0.15) is 0 Å². The number of rotatable bonds is 4. The molecule has 0 aliphatic rings. The number of carbonyl (C=O) groups is 1. The number of halogens is 3. The quantitative estimate of drug-likeness (QED) is 0.893. The van der Waals surface area contributed by atoms with Crippen LogP contribution >= 0.6 is 35.6 Å². The normalized spacial score (nSPS) is 11.7. The van der Waals surface area contributed by atoms with Gasteiger partial charge in [-0.1, -0.05) is 29.3 Å². The molecule has 0 heterocycles. The first-order chi connectivity index (χ1) is 7.06. The van der Waals surface area contributed by atoms with Gasteiger partial charge in [-0.25, -0.2) is 0 Å². The predicted octanol–water partition coefficient (Wildman–Crippen LogP) is 2.62. The third-order valence-electron chi connectivity index (χ3n) is 2.15. The SMILES string of the molecule is Cl.NC[C@@H](Cc1c(Cl)cccc1Cl)C(=O)O. The second-order valence-corrected chi connectivity index (χ2v) is 3.99. The highest BCUT2D eigenvalue weighted by atomic mass is 35.5. The van der Waals surface area contributed by atoms with Crippen molar-refractivity contribution in [1.29, 1.82) is 0 Å². The van der Waals surface area contributed by atoms with Gasteiger partial charge in [-0.05, 0) is 24.1 Å². The summed E-state index contributed by atoms with van der Waals surface area (Å²) in [7, 11) is 0. The summed E-state index contributed by atoms with van der Waals surface area (Å²) >= 11 is 11.8. The minimum absolute atomic E-state index is 0. The first-order valence-corrected chi connectivity index (χ1v) is 5.17. The van der Waals surface area contributed by atoms with Crippen LogP contribution in [0.3, 0.4) is 0 Å². The molecule has 3 nitrogen and oxygen atoms in total. The van der Waals surface area contributed by atoms with Crippen molar-refractivity contribution in [3.63, 3.8) is 0 Å². The molecule has 16 heavy (non-hydrogen) atoms. The summed E-state index contributed by atoms with van der Waals surface area (Å²) in [4.78, 5) is 10.8. The average Bonchev–Trinajstić information content (AvgIpc) is 2.17. The van der Waals surface area contributed by atoms with Crippen LogP contribution in [-0.4, -0.2) is 17.6 Å². The number of hydrogen-bond donors (Lipinski definition) is 2. The summed E-state index contributed by atoms with van der Waals surface area (Å²) in [6, 6.07) is 5.07. The smallest absolute Gasteiger partial charge is 0.308 e. The van der Waals surface area contributed by atoms with Crippen molar-refractivity contribution in [3.05, 3.63) is 33.8 Å². The summed E-state index contributed by atoms with van der Waals surface area (Å²) in [5.41, 5.74) is 5.99. The Kier molecular flexibility index (Phi) is 6.76. The van der Waals surface area contributed by atoms with E-state index >= 15 is 0 Å². The summed E-state index contributed by atoms with van der Waals surface area (Å²) in [5, 5.41) is 9.80. The van der Waals surface area contributed by atoms with Gasteiger partial charge in [0, 0.05) is 16.6 Å². The fraction of sp³-hybridized carbons (Fsp3) is 0.300. The molecule has 1 aromatic carbocycles. The lowest BCUT2D eigenvalue weighted by atomic mass is 9.99. The number of carboxylic acid groups (broad SMARTS) is 1. The molecular weight excluding hydrogens is 272 g/mol. The lowest BCUT2D eigenvalue weighted by Gasteiger charge is -2.12. The molecule has 0 aliphatic carbocycles. The molecule has 0 radical (unpaired) electrons. The molecule has 1 atom stereocenters. The van der Waals surface area contributed by atoms with Crippen molar-refractivity contribution < 1.29 is 9.90 Å². The molecule has 90 valence electrons. The Morgan fingerprint density at radius 1 is 1.38 bits per heavy atom. The molecule has 6 heteroatoms. The van der Waals surface area contributed by atoms with Gasteiger partial charge in [0.25, 0.3) is 0 Å². The van der Waals surface area contributed by atoms with Gasteiger partial charge in [-0.3, -0.25) is 4.79 Å². The maximum Gasteiger partial charge on any atom is 0.308 e. The number of benzene rings is 1. The molecule has 0 aromatic heterocycles. The van der Waals surface area contributed by atoms with E-state index in [1.165, 1.54) is 0 Å². The first kappa shape index (κ1) is 15.5. The van der Waals surface area contributed by atoms with E-state index in [4.69, 9.17) is 34.0 Å². The molecule has 0 unspecified atom stereocenters. The predicted molar refractivity (Wildman–Crippen MR) is 67.6 cm³/mol. The number of aliphatic carboxylic acids is 1. The zero-order valence-corrected chi connectivity index (χ0v) is 10.6. The zero-order valence-electron chi connectivity index (χ0n) is 8.32. The maximum absolute atomic E-state index is 10.8. The van der Waals surface area contributed by atoms with Crippen molar-refractivity contribution in [2.24, 2.45) is 11.7 Å². The molecule has 0 saturated heterocycles. The van der Waals surface area contributed by atoms with Crippen LogP contribution in [0.2, 0.25) is 10.0 Å². The summed E-state index contributed by atoms with van der Waals surface area (Å²) in [6.07, 6.45) is 0.254. The monoisotopic (exact) mass is 283 g/mol. The molecule has 0 bridgehead atoms. The van der Waals surface area contributed by atoms with Gasteiger partial charge < -0.3 is 10.8 Å². The highest BCUT2D eigenvalue weighted by Crippen LogP contribution is 2.26. The van der Waals surface area contributed by atoms with Gasteiger partial charge >= 0.3 is 5.97 Å². The highest BCUT2D eigenvalue weighted by molar-refractivity contribution is 6.36. The van der Waals surface area contributed by atoms with E-state index < -0.39 is 11.9 Å². The van der Waals surface area contributed by atoms with Gasteiger partial charge in [0.15, 0.2) is 0 Å². The molecule has 0 saturated carbocycles. The summed E-state index contributed by atoms with van der Waals surface area (Å²) < 4.78 is 0. The lowest BCUT2D eigenvalue weighted by Crippen LogP contribution is -2.25. The van der Waals surface area contributed by atoms with Crippen LogP contribution in [0.1, 0.15) is 5.56 Å².